The molecule has 0 aromatic heterocycles. The van der Waals surface area contributed by atoms with E-state index in [0.29, 0.717) is 0 Å². The van der Waals surface area contributed by atoms with E-state index in [9.17, 15) is 8.78 Å². The molecule has 1 rings (SSSR count). The second-order valence-electron chi connectivity index (χ2n) is 2.79. The highest BCUT2D eigenvalue weighted by atomic mass is 32.2. The molecule has 0 radical (unpaired) electrons. The van der Waals surface area contributed by atoms with Crippen LogP contribution in [0.2, 0.25) is 0 Å². The Morgan fingerprint density at radius 1 is 1.23 bits per heavy atom. The maximum Gasteiger partial charge on any atom is 0.273 e. The molecule has 0 aliphatic heterocycles. The number of hydrogen-bond acceptors (Lipinski definition) is 1. The summed E-state index contributed by atoms with van der Waals surface area (Å²) in [6, 6.07) is 6.44. The molecule has 0 saturated heterocycles. The number of thioether (sulfide) groups is 1. The molecule has 0 bridgehead atoms. The summed E-state index contributed by atoms with van der Waals surface area (Å²) >= 11 is 1.55. The first-order valence-corrected chi connectivity index (χ1v) is 5.35. The lowest BCUT2D eigenvalue weighted by molar-refractivity contribution is -0.00833. The SMILES string of the molecule is CCC(F)(F)c1ccc(SC)cc1. The van der Waals surface area contributed by atoms with Gasteiger partial charge in [-0.05, 0) is 18.4 Å². The number of halogens is 2. The van der Waals surface area contributed by atoms with Crippen LogP contribution in [-0.4, -0.2) is 6.26 Å². The second kappa shape index (κ2) is 4.09. The lowest BCUT2D eigenvalue weighted by Gasteiger charge is -2.14. The number of hydrogen-bond donors (Lipinski definition) is 0. The van der Waals surface area contributed by atoms with Crippen LogP contribution >= 0.6 is 11.8 Å². The Hall–Kier alpha value is -0.570. The molecular weight excluding hydrogens is 190 g/mol. The highest BCUT2D eigenvalue weighted by molar-refractivity contribution is 7.98. The van der Waals surface area contributed by atoms with Crippen molar-refractivity contribution in [1.29, 1.82) is 0 Å². The van der Waals surface area contributed by atoms with Gasteiger partial charge >= 0.3 is 0 Å². The van der Waals surface area contributed by atoms with Crippen LogP contribution in [0.4, 0.5) is 8.78 Å². The van der Waals surface area contributed by atoms with Crippen LogP contribution in [0.15, 0.2) is 29.2 Å². The van der Waals surface area contributed by atoms with E-state index in [2.05, 4.69) is 0 Å². The molecule has 0 aliphatic carbocycles. The summed E-state index contributed by atoms with van der Waals surface area (Å²) in [5.41, 5.74) is 0.104. The topological polar surface area (TPSA) is 0 Å². The van der Waals surface area contributed by atoms with Crippen LogP contribution in [0, 0.1) is 0 Å². The lowest BCUT2D eigenvalue weighted by Crippen LogP contribution is -2.10. The Morgan fingerprint density at radius 3 is 2.15 bits per heavy atom. The van der Waals surface area contributed by atoms with E-state index in [4.69, 9.17) is 0 Å². The van der Waals surface area contributed by atoms with Gasteiger partial charge in [-0.2, -0.15) is 0 Å². The normalized spacial score (nSPS) is 11.7. The fourth-order valence-corrected chi connectivity index (χ4v) is 1.45. The maximum absolute atomic E-state index is 13.1. The minimum atomic E-state index is -2.68. The summed E-state index contributed by atoms with van der Waals surface area (Å²) in [6.45, 7) is 1.49. The Kier molecular flexibility index (Phi) is 3.31. The van der Waals surface area contributed by atoms with Crippen molar-refractivity contribution in [2.75, 3.05) is 6.26 Å². The average Bonchev–Trinajstić information content (AvgIpc) is 2.18. The third-order valence-corrected chi connectivity index (χ3v) is 2.70. The molecule has 1 aromatic rings. The molecule has 0 heterocycles. The quantitative estimate of drug-likeness (QED) is 0.670. The van der Waals surface area contributed by atoms with Crippen LogP contribution in [0.3, 0.4) is 0 Å². The van der Waals surface area contributed by atoms with Gasteiger partial charge in [-0.25, -0.2) is 8.78 Å². The first-order chi connectivity index (χ1) is 6.10. The molecule has 0 spiro atoms. The van der Waals surface area contributed by atoms with Crippen molar-refractivity contribution in [3.05, 3.63) is 29.8 Å². The van der Waals surface area contributed by atoms with Crippen LogP contribution in [0.25, 0.3) is 0 Å². The van der Waals surface area contributed by atoms with Crippen molar-refractivity contribution >= 4 is 11.8 Å². The molecule has 3 heteroatoms. The minimum Gasteiger partial charge on any atom is -0.201 e. The van der Waals surface area contributed by atoms with Gasteiger partial charge in [0.1, 0.15) is 0 Å². The van der Waals surface area contributed by atoms with Gasteiger partial charge in [-0.1, -0.05) is 19.1 Å². The van der Waals surface area contributed by atoms with Gasteiger partial charge in [0.15, 0.2) is 0 Å². The van der Waals surface area contributed by atoms with Gasteiger partial charge in [-0.3, -0.25) is 0 Å². The molecule has 0 unspecified atom stereocenters. The van der Waals surface area contributed by atoms with Crippen LogP contribution in [0.1, 0.15) is 18.9 Å². The molecule has 0 fully saturated rings. The van der Waals surface area contributed by atoms with Crippen LogP contribution in [-0.2, 0) is 5.92 Å². The fraction of sp³-hybridized carbons (Fsp3) is 0.400. The molecule has 0 atom stereocenters. The smallest absolute Gasteiger partial charge is 0.201 e. The van der Waals surface area contributed by atoms with E-state index in [0.717, 1.165) is 4.90 Å². The molecule has 0 amide bonds. The summed E-state index contributed by atoms with van der Waals surface area (Å²) < 4.78 is 26.2. The standard InChI is InChI=1S/C10H12F2S/c1-3-10(11,12)8-4-6-9(13-2)7-5-8/h4-7H,3H2,1-2H3. The Labute approximate surface area is 81.3 Å². The van der Waals surface area contributed by atoms with Gasteiger partial charge in [0.25, 0.3) is 5.92 Å². The monoisotopic (exact) mass is 202 g/mol. The number of alkyl halides is 2. The van der Waals surface area contributed by atoms with Crippen LogP contribution < -0.4 is 0 Å². The number of rotatable bonds is 3. The Bertz CT molecular complexity index is 267. The predicted octanol–water partition coefficient (Wildman–Crippen LogP) is 3.91. The molecule has 1 aromatic carbocycles. The van der Waals surface area contributed by atoms with Gasteiger partial charge < -0.3 is 0 Å². The van der Waals surface area contributed by atoms with E-state index >= 15 is 0 Å². The minimum absolute atomic E-state index is 0.104. The summed E-state index contributed by atoms with van der Waals surface area (Å²) in [4.78, 5) is 1.01. The van der Waals surface area contributed by atoms with Gasteiger partial charge in [-0.15, -0.1) is 11.8 Å². The Balaban J connectivity index is 2.92. The molecular formula is C10H12F2S. The summed E-state index contributed by atoms with van der Waals surface area (Å²) in [5.74, 6) is -2.68. The van der Waals surface area contributed by atoms with E-state index in [1.165, 1.54) is 19.1 Å². The van der Waals surface area contributed by atoms with Gasteiger partial charge in [0.05, 0.1) is 0 Å². The Morgan fingerprint density at radius 2 is 1.77 bits per heavy atom. The maximum atomic E-state index is 13.1. The first-order valence-electron chi connectivity index (χ1n) is 4.12. The van der Waals surface area contributed by atoms with Gasteiger partial charge in [0.2, 0.25) is 0 Å². The van der Waals surface area contributed by atoms with Crippen molar-refractivity contribution in [1.82, 2.24) is 0 Å². The third-order valence-electron chi connectivity index (χ3n) is 1.96. The lowest BCUT2D eigenvalue weighted by atomic mass is 10.1. The molecule has 0 aliphatic rings. The van der Waals surface area contributed by atoms with Crippen molar-refractivity contribution in [3.8, 4) is 0 Å². The van der Waals surface area contributed by atoms with Crippen molar-refractivity contribution < 1.29 is 8.78 Å². The second-order valence-corrected chi connectivity index (χ2v) is 3.67. The predicted molar refractivity (Wildman–Crippen MR) is 52.4 cm³/mol. The highest BCUT2D eigenvalue weighted by Crippen LogP contribution is 2.31. The highest BCUT2D eigenvalue weighted by Gasteiger charge is 2.28. The molecule has 0 saturated carbocycles. The largest absolute Gasteiger partial charge is 0.273 e. The van der Waals surface area contributed by atoms with Crippen molar-refractivity contribution in [2.45, 2.75) is 24.2 Å². The van der Waals surface area contributed by atoms with Crippen molar-refractivity contribution in [3.63, 3.8) is 0 Å². The molecule has 0 nitrogen and oxygen atoms in total. The fourth-order valence-electron chi connectivity index (χ4n) is 1.04. The van der Waals surface area contributed by atoms with E-state index in [1.807, 2.05) is 6.26 Å². The zero-order chi connectivity index (χ0) is 9.90. The first kappa shape index (κ1) is 10.5. The third kappa shape index (κ3) is 2.44. The summed E-state index contributed by atoms with van der Waals surface area (Å²) in [6.07, 6.45) is 1.78. The van der Waals surface area contributed by atoms with Gasteiger partial charge in [0, 0.05) is 16.9 Å². The molecule has 0 N–H and O–H groups in total. The number of benzene rings is 1. The molecule has 72 valence electrons. The summed E-state index contributed by atoms with van der Waals surface area (Å²) in [7, 11) is 0. The van der Waals surface area contributed by atoms with Crippen molar-refractivity contribution in [2.24, 2.45) is 0 Å². The average molecular weight is 202 g/mol. The zero-order valence-corrected chi connectivity index (χ0v) is 8.50. The van der Waals surface area contributed by atoms with E-state index in [1.54, 1.807) is 23.9 Å². The summed E-state index contributed by atoms with van der Waals surface area (Å²) in [5, 5.41) is 0. The van der Waals surface area contributed by atoms with E-state index < -0.39 is 5.92 Å². The molecule has 13 heavy (non-hydrogen) atoms. The van der Waals surface area contributed by atoms with Crippen LogP contribution in [0.5, 0.6) is 0 Å². The van der Waals surface area contributed by atoms with E-state index in [-0.39, 0.29) is 12.0 Å². The zero-order valence-electron chi connectivity index (χ0n) is 7.68.